The number of nitrogen functional groups attached to an aromatic ring is 1. The molecule has 1 saturated carbocycles. The summed E-state index contributed by atoms with van der Waals surface area (Å²) < 4.78 is 10.3. The van der Waals surface area contributed by atoms with Crippen LogP contribution in [-0.4, -0.2) is 18.2 Å². The number of benzene rings is 1. The molecule has 1 amide bonds. The summed E-state index contributed by atoms with van der Waals surface area (Å²) in [6, 6.07) is 6.75. The molecule has 0 radical (unpaired) electrons. The normalized spacial score (nSPS) is 14.1. The van der Waals surface area contributed by atoms with E-state index in [-0.39, 0.29) is 11.6 Å². The summed E-state index contributed by atoms with van der Waals surface area (Å²) in [5.74, 6) is 1.47. The number of nitrogens with two attached hydrogens (primary N) is 1. The van der Waals surface area contributed by atoms with Crippen molar-refractivity contribution in [1.29, 1.82) is 0 Å². The molecule has 6 heteroatoms. The van der Waals surface area contributed by atoms with Crippen molar-refractivity contribution >= 4 is 17.3 Å². The Bertz CT molecular complexity index is 647. The number of nitrogens with zero attached hydrogens (tertiary/aromatic N) is 1. The smallest absolute Gasteiger partial charge is 0.277 e. The lowest BCUT2D eigenvalue weighted by Crippen LogP contribution is -2.13. The first-order chi connectivity index (χ1) is 9.67. The van der Waals surface area contributed by atoms with Crippen molar-refractivity contribution in [2.45, 2.75) is 18.8 Å². The molecule has 3 rings (SSSR count). The third kappa shape index (κ3) is 2.45. The first-order valence-electron chi connectivity index (χ1n) is 6.39. The highest BCUT2D eigenvalue weighted by molar-refractivity contribution is 6.04. The quantitative estimate of drug-likeness (QED) is 0.835. The summed E-state index contributed by atoms with van der Waals surface area (Å²) in [6.07, 6.45) is 2.19. The lowest BCUT2D eigenvalue weighted by molar-refractivity contribution is 0.101. The van der Waals surface area contributed by atoms with Gasteiger partial charge in [0.2, 0.25) is 0 Å². The van der Waals surface area contributed by atoms with Gasteiger partial charge in [0.25, 0.3) is 5.91 Å². The number of nitrogens with one attached hydrogen (secondary N) is 1. The number of carbonyl (C=O) groups excluding carboxylic acids is 1. The maximum absolute atomic E-state index is 12.1. The molecule has 20 heavy (non-hydrogen) atoms. The summed E-state index contributed by atoms with van der Waals surface area (Å²) in [5, 5.41) is 6.49. The molecule has 1 aliphatic rings. The first-order valence-corrected chi connectivity index (χ1v) is 6.39. The molecule has 1 aromatic carbocycles. The molecule has 1 aliphatic carbocycles. The lowest BCUT2D eigenvalue weighted by Gasteiger charge is -2.08. The van der Waals surface area contributed by atoms with Crippen molar-refractivity contribution in [3.8, 4) is 5.75 Å². The van der Waals surface area contributed by atoms with Crippen LogP contribution in [-0.2, 0) is 0 Å². The average molecular weight is 273 g/mol. The van der Waals surface area contributed by atoms with Gasteiger partial charge in [-0.05, 0) is 25.0 Å². The molecule has 0 saturated heterocycles. The van der Waals surface area contributed by atoms with Gasteiger partial charge in [0.05, 0.1) is 18.5 Å². The Morgan fingerprint density at radius 3 is 2.95 bits per heavy atom. The van der Waals surface area contributed by atoms with Crippen LogP contribution in [0, 0.1) is 0 Å². The van der Waals surface area contributed by atoms with Crippen LogP contribution in [0.4, 0.5) is 11.4 Å². The number of anilines is 2. The van der Waals surface area contributed by atoms with Crippen LogP contribution in [0.2, 0.25) is 0 Å². The fourth-order valence-corrected chi connectivity index (χ4v) is 1.91. The summed E-state index contributed by atoms with van der Waals surface area (Å²) in [5.41, 5.74) is 7.03. The van der Waals surface area contributed by atoms with Gasteiger partial charge in [-0.3, -0.25) is 4.79 Å². The Labute approximate surface area is 115 Å². The zero-order chi connectivity index (χ0) is 14.1. The molecule has 1 fully saturated rings. The molecule has 0 bridgehead atoms. The maximum Gasteiger partial charge on any atom is 0.277 e. The van der Waals surface area contributed by atoms with Crippen molar-refractivity contribution in [2.75, 3.05) is 18.2 Å². The minimum Gasteiger partial charge on any atom is -0.497 e. The number of hydrogen-bond donors (Lipinski definition) is 2. The maximum atomic E-state index is 12.1. The van der Waals surface area contributed by atoms with Crippen LogP contribution in [0.3, 0.4) is 0 Å². The van der Waals surface area contributed by atoms with Gasteiger partial charge in [-0.2, -0.15) is 0 Å². The molecule has 0 unspecified atom stereocenters. The van der Waals surface area contributed by atoms with Crippen LogP contribution in [0.25, 0.3) is 0 Å². The Morgan fingerprint density at radius 1 is 1.45 bits per heavy atom. The topological polar surface area (TPSA) is 90.4 Å². The van der Waals surface area contributed by atoms with E-state index in [0.717, 1.165) is 18.6 Å². The third-order valence-corrected chi connectivity index (χ3v) is 3.25. The van der Waals surface area contributed by atoms with E-state index in [1.54, 1.807) is 31.4 Å². The number of methoxy groups -OCH3 is 1. The second kappa shape index (κ2) is 4.88. The lowest BCUT2D eigenvalue weighted by atomic mass is 10.2. The Balaban J connectivity index is 1.77. The molecule has 0 aliphatic heterocycles. The highest BCUT2D eigenvalue weighted by Gasteiger charge is 2.29. The molecule has 1 aromatic heterocycles. The summed E-state index contributed by atoms with van der Waals surface area (Å²) in [7, 11) is 1.55. The monoisotopic (exact) mass is 273 g/mol. The molecule has 0 spiro atoms. The minimum atomic E-state index is -0.347. The Morgan fingerprint density at radius 2 is 2.25 bits per heavy atom. The van der Waals surface area contributed by atoms with Gasteiger partial charge in [-0.1, -0.05) is 5.16 Å². The van der Waals surface area contributed by atoms with Crippen LogP contribution in [0.15, 0.2) is 28.8 Å². The molecule has 104 valence electrons. The zero-order valence-electron chi connectivity index (χ0n) is 11.1. The SMILES string of the molecule is COc1ccc(N)c(NC(=O)c2cc(C3CC3)on2)c1. The van der Waals surface area contributed by atoms with Crippen LogP contribution in [0.1, 0.15) is 35.0 Å². The van der Waals surface area contributed by atoms with Crippen molar-refractivity contribution in [3.05, 3.63) is 35.7 Å². The predicted molar refractivity (Wildman–Crippen MR) is 73.8 cm³/mol. The number of hydrogen-bond acceptors (Lipinski definition) is 5. The Hall–Kier alpha value is -2.50. The van der Waals surface area contributed by atoms with Gasteiger partial charge in [-0.25, -0.2) is 0 Å². The van der Waals surface area contributed by atoms with Crippen molar-refractivity contribution in [2.24, 2.45) is 0 Å². The third-order valence-electron chi connectivity index (χ3n) is 3.25. The van der Waals surface area contributed by atoms with E-state index in [1.165, 1.54) is 0 Å². The minimum absolute atomic E-state index is 0.258. The van der Waals surface area contributed by atoms with E-state index in [2.05, 4.69) is 10.5 Å². The summed E-state index contributed by atoms with van der Waals surface area (Å²) >= 11 is 0. The van der Waals surface area contributed by atoms with Gasteiger partial charge in [0, 0.05) is 18.1 Å². The predicted octanol–water partition coefficient (Wildman–Crippen LogP) is 2.40. The molecule has 2 aromatic rings. The number of ether oxygens (including phenoxy) is 1. The number of rotatable bonds is 4. The zero-order valence-corrected chi connectivity index (χ0v) is 11.1. The number of carbonyl (C=O) groups is 1. The summed E-state index contributed by atoms with van der Waals surface area (Å²) in [4.78, 5) is 12.1. The van der Waals surface area contributed by atoms with Crippen LogP contribution < -0.4 is 15.8 Å². The van der Waals surface area contributed by atoms with E-state index in [9.17, 15) is 4.79 Å². The molecular formula is C14H15N3O3. The van der Waals surface area contributed by atoms with Crippen molar-refractivity contribution < 1.29 is 14.1 Å². The van der Waals surface area contributed by atoms with Gasteiger partial charge in [0.15, 0.2) is 5.69 Å². The van der Waals surface area contributed by atoms with Crippen molar-refractivity contribution in [3.63, 3.8) is 0 Å². The molecule has 3 N–H and O–H groups in total. The Kier molecular flexibility index (Phi) is 3.06. The van der Waals surface area contributed by atoms with Crippen molar-refractivity contribution in [1.82, 2.24) is 5.16 Å². The van der Waals surface area contributed by atoms with Crippen LogP contribution in [0.5, 0.6) is 5.75 Å². The second-order valence-electron chi connectivity index (χ2n) is 4.80. The highest BCUT2D eigenvalue weighted by Crippen LogP contribution is 2.40. The molecule has 1 heterocycles. The highest BCUT2D eigenvalue weighted by atomic mass is 16.5. The summed E-state index contributed by atoms with van der Waals surface area (Å²) in [6.45, 7) is 0. The second-order valence-corrected chi connectivity index (χ2v) is 4.80. The number of amides is 1. The van der Waals surface area contributed by atoms with E-state index in [1.807, 2.05) is 0 Å². The first kappa shape index (κ1) is 12.5. The van der Waals surface area contributed by atoms with Gasteiger partial charge in [-0.15, -0.1) is 0 Å². The largest absolute Gasteiger partial charge is 0.497 e. The molecule has 0 atom stereocenters. The van der Waals surface area contributed by atoms with Gasteiger partial charge < -0.3 is 20.3 Å². The van der Waals surface area contributed by atoms with Gasteiger partial charge in [0.1, 0.15) is 11.5 Å². The standard InChI is InChI=1S/C14H15N3O3/c1-19-9-4-5-10(15)11(6-9)16-14(18)12-7-13(20-17-12)8-2-3-8/h4-8H,2-3,15H2,1H3,(H,16,18). The van der Waals surface area contributed by atoms with E-state index >= 15 is 0 Å². The fraction of sp³-hybridized carbons (Fsp3) is 0.286. The number of aromatic nitrogens is 1. The molecule has 6 nitrogen and oxygen atoms in total. The molecular weight excluding hydrogens is 258 g/mol. The van der Waals surface area contributed by atoms with E-state index in [4.69, 9.17) is 15.0 Å². The van der Waals surface area contributed by atoms with Gasteiger partial charge >= 0.3 is 0 Å². The average Bonchev–Trinajstić information content (AvgIpc) is 3.18. The van der Waals surface area contributed by atoms with Crippen LogP contribution >= 0.6 is 0 Å². The van der Waals surface area contributed by atoms with E-state index < -0.39 is 0 Å². The van der Waals surface area contributed by atoms with E-state index in [0.29, 0.717) is 23.0 Å². The fourth-order valence-electron chi connectivity index (χ4n) is 1.91.